The predicted octanol–water partition coefficient (Wildman–Crippen LogP) is 4.42. The number of aryl methyl sites for hydroxylation is 1. The third-order valence-corrected chi connectivity index (χ3v) is 3.34. The van der Waals surface area contributed by atoms with Gasteiger partial charge >= 0.3 is 0 Å². The second-order valence-corrected chi connectivity index (χ2v) is 5.31. The van der Waals surface area contributed by atoms with Crippen molar-refractivity contribution in [1.82, 2.24) is 9.97 Å². The van der Waals surface area contributed by atoms with Gasteiger partial charge in [0.15, 0.2) is 0 Å². The predicted molar refractivity (Wildman–Crippen MR) is 90.2 cm³/mol. The number of anilines is 3. The Balaban J connectivity index is 1.76. The van der Waals surface area contributed by atoms with E-state index in [2.05, 4.69) is 20.6 Å². The van der Waals surface area contributed by atoms with Crippen molar-refractivity contribution in [1.29, 1.82) is 0 Å². The fraction of sp³-hybridized carbons (Fsp3) is 0.111. The van der Waals surface area contributed by atoms with E-state index in [9.17, 15) is 8.78 Å². The van der Waals surface area contributed by atoms with Crippen LogP contribution < -0.4 is 10.6 Å². The summed E-state index contributed by atoms with van der Waals surface area (Å²) in [6.45, 7) is 2.40. The summed E-state index contributed by atoms with van der Waals surface area (Å²) >= 11 is 0. The van der Waals surface area contributed by atoms with Gasteiger partial charge < -0.3 is 10.6 Å². The average molecular weight is 326 g/mol. The molecule has 24 heavy (non-hydrogen) atoms. The Labute approximate surface area is 138 Å². The molecule has 1 aromatic heterocycles. The lowest BCUT2D eigenvalue weighted by atomic mass is 10.2. The maximum atomic E-state index is 13.7. The smallest absolute Gasteiger partial charge is 0.225 e. The zero-order valence-corrected chi connectivity index (χ0v) is 13.1. The molecule has 0 fully saturated rings. The zero-order valence-electron chi connectivity index (χ0n) is 13.1. The van der Waals surface area contributed by atoms with Crippen LogP contribution in [0, 0.1) is 18.6 Å². The lowest BCUT2D eigenvalue weighted by molar-refractivity contribution is 0.586. The van der Waals surface area contributed by atoms with Gasteiger partial charge in [-0.15, -0.1) is 0 Å². The molecule has 122 valence electrons. The first-order valence-electron chi connectivity index (χ1n) is 7.46. The molecule has 0 saturated carbocycles. The van der Waals surface area contributed by atoms with Gasteiger partial charge in [-0.2, -0.15) is 4.98 Å². The molecule has 4 nitrogen and oxygen atoms in total. The fourth-order valence-electron chi connectivity index (χ4n) is 2.22. The first kappa shape index (κ1) is 15.9. The Bertz CT molecular complexity index is 838. The van der Waals surface area contributed by atoms with Crippen LogP contribution in [0.5, 0.6) is 0 Å². The molecule has 0 aliphatic carbocycles. The van der Waals surface area contributed by atoms with Crippen LogP contribution in [-0.4, -0.2) is 9.97 Å². The lowest BCUT2D eigenvalue weighted by Crippen LogP contribution is -2.06. The summed E-state index contributed by atoms with van der Waals surface area (Å²) in [5, 5.41) is 5.98. The minimum absolute atomic E-state index is 0.156. The maximum Gasteiger partial charge on any atom is 0.225 e. The quantitative estimate of drug-likeness (QED) is 0.729. The third-order valence-electron chi connectivity index (χ3n) is 3.34. The van der Waals surface area contributed by atoms with E-state index in [0.717, 1.165) is 17.3 Å². The van der Waals surface area contributed by atoms with E-state index in [-0.39, 0.29) is 5.69 Å². The zero-order chi connectivity index (χ0) is 16.9. The molecule has 0 aliphatic rings. The molecule has 0 amide bonds. The number of hydrogen-bond donors (Lipinski definition) is 2. The van der Waals surface area contributed by atoms with Crippen LogP contribution in [0.15, 0.2) is 54.6 Å². The highest BCUT2D eigenvalue weighted by molar-refractivity contribution is 5.58. The molecular weight excluding hydrogens is 310 g/mol. The van der Waals surface area contributed by atoms with Crippen molar-refractivity contribution in [2.75, 3.05) is 10.6 Å². The average Bonchev–Trinajstić information content (AvgIpc) is 2.56. The number of halogens is 2. The van der Waals surface area contributed by atoms with Crippen molar-refractivity contribution in [3.8, 4) is 0 Å². The molecule has 0 bridgehead atoms. The van der Waals surface area contributed by atoms with Crippen LogP contribution in [0.4, 0.5) is 26.2 Å². The van der Waals surface area contributed by atoms with Crippen LogP contribution in [0.1, 0.15) is 11.3 Å². The number of nitrogens with one attached hydrogen (secondary N) is 2. The van der Waals surface area contributed by atoms with Gasteiger partial charge in [0.1, 0.15) is 17.5 Å². The fourth-order valence-corrected chi connectivity index (χ4v) is 2.22. The number of aromatic nitrogens is 2. The summed E-state index contributed by atoms with van der Waals surface area (Å²) in [5.41, 5.74) is 1.98. The number of hydrogen-bond acceptors (Lipinski definition) is 4. The summed E-state index contributed by atoms with van der Waals surface area (Å²) in [5.74, 6) is -0.431. The van der Waals surface area contributed by atoms with Gasteiger partial charge in [0.2, 0.25) is 5.95 Å². The highest BCUT2D eigenvalue weighted by Crippen LogP contribution is 2.20. The Morgan fingerprint density at radius 2 is 1.75 bits per heavy atom. The van der Waals surface area contributed by atoms with E-state index in [4.69, 9.17) is 0 Å². The molecule has 2 aromatic carbocycles. The standard InChI is InChI=1S/C18H16F2N4/c1-12-9-17(23-16-8-7-14(19)10-15(16)20)24-18(22-12)21-11-13-5-3-2-4-6-13/h2-10H,11H2,1H3,(H2,21,22,23,24). The second-order valence-electron chi connectivity index (χ2n) is 5.31. The SMILES string of the molecule is Cc1cc(Nc2ccc(F)cc2F)nc(NCc2ccccc2)n1. The first-order valence-corrected chi connectivity index (χ1v) is 7.46. The van der Waals surface area contributed by atoms with Crippen LogP contribution >= 0.6 is 0 Å². The van der Waals surface area contributed by atoms with E-state index in [1.165, 1.54) is 12.1 Å². The van der Waals surface area contributed by atoms with E-state index >= 15 is 0 Å². The molecule has 6 heteroatoms. The topological polar surface area (TPSA) is 49.8 Å². The molecule has 1 heterocycles. The van der Waals surface area contributed by atoms with Crippen molar-refractivity contribution in [3.05, 3.63) is 77.5 Å². The maximum absolute atomic E-state index is 13.7. The van der Waals surface area contributed by atoms with Gasteiger partial charge in [0.05, 0.1) is 5.69 Å². The molecular formula is C18H16F2N4. The third kappa shape index (κ3) is 4.04. The Morgan fingerprint density at radius 3 is 2.50 bits per heavy atom. The second kappa shape index (κ2) is 7.04. The van der Waals surface area contributed by atoms with Crippen molar-refractivity contribution >= 4 is 17.5 Å². The molecule has 0 atom stereocenters. The molecule has 0 saturated heterocycles. The van der Waals surface area contributed by atoms with E-state index in [1.54, 1.807) is 6.07 Å². The molecule has 0 aliphatic heterocycles. The van der Waals surface area contributed by atoms with Gasteiger partial charge in [-0.05, 0) is 24.6 Å². The van der Waals surface area contributed by atoms with Gasteiger partial charge in [0.25, 0.3) is 0 Å². The molecule has 2 N–H and O–H groups in total. The Hall–Kier alpha value is -3.02. The molecule has 0 spiro atoms. The minimum atomic E-state index is -0.676. The monoisotopic (exact) mass is 326 g/mol. The van der Waals surface area contributed by atoms with Crippen molar-refractivity contribution in [3.63, 3.8) is 0 Å². The summed E-state index contributed by atoms with van der Waals surface area (Å²) < 4.78 is 26.7. The van der Waals surface area contributed by atoms with E-state index in [0.29, 0.717) is 18.3 Å². The van der Waals surface area contributed by atoms with Crippen LogP contribution in [0.3, 0.4) is 0 Å². The van der Waals surface area contributed by atoms with Crippen LogP contribution in [0.25, 0.3) is 0 Å². The molecule has 0 unspecified atom stereocenters. The number of rotatable bonds is 5. The summed E-state index contributed by atoms with van der Waals surface area (Å²) in [4.78, 5) is 8.62. The molecule has 3 rings (SSSR count). The van der Waals surface area contributed by atoms with Crippen LogP contribution in [-0.2, 0) is 6.54 Å². The highest BCUT2D eigenvalue weighted by atomic mass is 19.1. The normalized spacial score (nSPS) is 10.5. The molecule has 3 aromatic rings. The van der Waals surface area contributed by atoms with Gasteiger partial charge in [-0.3, -0.25) is 0 Å². The van der Waals surface area contributed by atoms with Crippen molar-refractivity contribution in [2.24, 2.45) is 0 Å². The first-order chi connectivity index (χ1) is 11.6. The summed E-state index contributed by atoms with van der Waals surface area (Å²) in [7, 11) is 0. The minimum Gasteiger partial charge on any atom is -0.350 e. The van der Waals surface area contributed by atoms with Gasteiger partial charge in [-0.25, -0.2) is 13.8 Å². The summed E-state index contributed by atoms with van der Waals surface area (Å²) in [6, 6.07) is 14.9. The largest absolute Gasteiger partial charge is 0.350 e. The Kier molecular flexibility index (Phi) is 4.65. The molecule has 0 radical (unpaired) electrons. The highest BCUT2D eigenvalue weighted by Gasteiger charge is 2.07. The van der Waals surface area contributed by atoms with E-state index < -0.39 is 11.6 Å². The number of nitrogens with zero attached hydrogens (tertiary/aromatic N) is 2. The van der Waals surface area contributed by atoms with Crippen molar-refractivity contribution in [2.45, 2.75) is 13.5 Å². The van der Waals surface area contributed by atoms with Crippen molar-refractivity contribution < 1.29 is 8.78 Å². The van der Waals surface area contributed by atoms with Gasteiger partial charge in [0, 0.05) is 24.4 Å². The van der Waals surface area contributed by atoms with E-state index in [1.807, 2.05) is 37.3 Å². The van der Waals surface area contributed by atoms with Gasteiger partial charge in [-0.1, -0.05) is 30.3 Å². The lowest BCUT2D eigenvalue weighted by Gasteiger charge is -2.10. The summed E-state index contributed by atoms with van der Waals surface area (Å²) in [6.07, 6.45) is 0. The number of benzene rings is 2. The Morgan fingerprint density at radius 1 is 0.958 bits per heavy atom. The van der Waals surface area contributed by atoms with Crippen LogP contribution in [0.2, 0.25) is 0 Å².